The van der Waals surface area contributed by atoms with Crippen molar-refractivity contribution in [2.45, 2.75) is 12.1 Å². The second kappa shape index (κ2) is 8.64. The van der Waals surface area contributed by atoms with Crippen LogP contribution in [0.25, 0.3) is 54.9 Å². The molecule has 6 aromatic rings. The lowest BCUT2D eigenvalue weighted by atomic mass is 9.88. The molecule has 3 aliphatic rings. The molecule has 2 heteroatoms. The summed E-state index contributed by atoms with van der Waals surface area (Å²) in [6.07, 6.45) is 8.75. The Morgan fingerprint density at radius 1 is 0.463 bits per heavy atom. The second-order valence-electron chi connectivity index (χ2n) is 11.2. The van der Waals surface area contributed by atoms with Crippen LogP contribution in [-0.2, 0) is 0 Å². The minimum Gasteiger partial charge on any atom is -0.316 e. The van der Waals surface area contributed by atoms with E-state index in [1.807, 2.05) is 0 Å². The molecule has 41 heavy (non-hydrogen) atoms. The Morgan fingerprint density at radius 3 is 1.83 bits per heavy atom. The molecule has 0 saturated carbocycles. The number of para-hydroxylation sites is 1. The van der Waals surface area contributed by atoms with Crippen molar-refractivity contribution in [1.29, 1.82) is 0 Å². The number of aliphatic imine (C=N–C) groups is 1. The average Bonchev–Trinajstić information content (AvgIpc) is 3.44. The molecule has 9 rings (SSSR count). The van der Waals surface area contributed by atoms with Gasteiger partial charge < -0.3 is 4.90 Å². The SMILES string of the molecule is C1=CC2N=C3c4ccc(-c5ccc6cc(-c7ccc8ccccc8c7)ccc6c5)cc4-c4ccccc4N3C2C=C1. The van der Waals surface area contributed by atoms with Crippen LogP contribution < -0.4 is 4.90 Å². The summed E-state index contributed by atoms with van der Waals surface area (Å²) in [4.78, 5) is 7.59. The second-order valence-corrected chi connectivity index (χ2v) is 11.2. The highest BCUT2D eigenvalue weighted by atomic mass is 15.3. The zero-order chi connectivity index (χ0) is 26.9. The zero-order valence-electron chi connectivity index (χ0n) is 22.4. The van der Waals surface area contributed by atoms with E-state index < -0.39 is 0 Å². The lowest BCUT2D eigenvalue weighted by Gasteiger charge is -2.35. The molecule has 6 aromatic carbocycles. The molecule has 1 aliphatic carbocycles. The van der Waals surface area contributed by atoms with E-state index in [0.29, 0.717) is 0 Å². The molecule has 0 bridgehead atoms. The van der Waals surface area contributed by atoms with Crippen molar-refractivity contribution in [2.75, 3.05) is 4.90 Å². The van der Waals surface area contributed by atoms with Crippen molar-refractivity contribution in [1.82, 2.24) is 0 Å². The number of hydrogen-bond donors (Lipinski definition) is 0. The molecule has 0 N–H and O–H groups in total. The smallest absolute Gasteiger partial charge is 0.137 e. The maximum atomic E-state index is 5.17. The largest absolute Gasteiger partial charge is 0.316 e. The molecule has 2 aliphatic heterocycles. The summed E-state index contributed by atoms with van der Waals surface area (Å²) in [7, 11) is 0. The summed E-state index contributed by atoms with van der Waals surface area (Å²) in [6, 6.07) is 44.9. The van der Waals surface area contributed by atoms with Gasteiger partial charge in [0.25, 0.3) is 0 Å². The molecule has 2 nitrogen and oxygen atoms in total. The zero-order valence-corrected chi connectivity index (χ0v) is 22.4. The van der Waals surface area contributed by atoms with Crippen molar-refractivity contribution in [3.63, 3.8) is 0 Å². The van der Waals surface area contributed by atoms with Crippen LogP contribution in [0, 0.1) is 0 Å². The number of hydrogen-bond acceptors (Lipinski definition) is 2. The first kappa shape index (κ1) is 22.6. The van der Waals surface area contributed by atoms with Gasteiger partial charge in [-0.2, -0.15) is 0 Å². The summed E-state index contributed by atoms with van der Waals surface area (Å²) < 4.78 is 0. The van der Waals surface area contributed by atoms with Crippen LogP contribution in [0.15, 0.2) is 151 Å². The third-order valence-electron chi connectivity index (χ3n) is 8.85. The maximum Gasteiger partial charge on any atom is 0.137 e. The number of amidine groups is 1. The van der Waals surface area contributed by atoms with Crippen LogP contribution in [-0.4, -0.2) is 17.9 Å². The Kier molecular flexibility index (Phi) is 4.76. The van der Waals surface area contributed by atoms with E-state index in [9.17, 15) is 0 Å². The van der Waals surface area contributed by atoms with Gasteiger partial charge in [0.15, 0.2) is 0 Å². The van der Waals surface area contributed by atoms with Gasteiger partial charge in [-0.25, -0.2) is 0 Å². The van der Waals surface area contributed by atoms with Gasteiger partial charge in [0, 0.05) is 11.1 Å². The summed E-state index contributed by atoms with van der Waals surface area (Å²) in [5, 5.41) is 5.04. The Balaban J connectivity index is 1.12. The highest BCUT2D eigenvalue weighted by Crippen LogP contribution is 2.45. The molecule has 0 amide bonds. The number of rotatable bonds is 2. The lowest BCUT2D eigenvalue weighted by molar-refractivity contribution is 0.739. The van der Waals surface area contributed by atoms with E-state index in [-0.39, 0.29) is 12.1 Å². The molecule has 2 unspecified atom stereocenters. The lowest BCUT2D eigenvalue weighted by Crippen LogP contribution is -2.41. The minimum absolute atomic E-state index is 0.161. The third-order valence-corrected chi connectivity index (χ3v) is 8.85. The predicted molar refractivity (Wildman–Crippen MR) is 173 cm³/mol. The fourth-order valence-electron chi connectivity index (χ4n) is 6.79. The van der Waals surface area contributed by atoms with Gasteiger partial charge in [-0.05, 0) is 79.7 Å². The summed E-state index contributed by atoms with van der Waals surface area (Å²) in [5.41, 5.74) is 9.92. The number of anilines is 1. The molecule has 2 heterocycles. The van der Waals surface area contributed by atoms with Crippen LogP contribution >= 0.6 is 0 Å². The molecular weight excluding hydrogens is 496 g/mol. The first-order valence-electron chi connectivity index (χ1n) is 14.3. The molecule has 0 spiro atoms. The summed E-state index contributed by atoms with van der Waals surface area (Å²) in [6.45, 7) is 0. The highest BCUT2D eigenvalue weighted by molar-refractivity contribution is 6.21. The Hall–Kier alpha value is -5.21. The van der Waals surface area contributed by atoms with Crippen LogP contribution in [0.1, 0.15) is 5.56 Å². The molecule has 0 aromatic heterocycles. The predicted octanol–water partition coefficient (Wildman–Crippen LogP) is 9.44. The molecular formula is C39H26N2. The molecule has 2 atom stereocenters. The highest BCUT2D eigenvalue weighted by Gasteiger charge is 2.40. The van der Waals surface area contributed by atoms with E-state index in [1.54, 1.807) is 0 Å². The fourth-order valence-corrected chi connectivity index (χ4v) is 6.79. The molecule has 0 fully saturated rings. The fraction of sp³-hybridized carbons (Fsp3) is 0.0513. The van der Waals surface area contributed by atoms with Crippen LogP contribution in [0.4, 0.5) is 5.69 Å². The van der Waals surface area contributed by atoms with Gasteiger partial charge in [-0.1, -0.05) is 115 Å². The van der Waals surface area contributed by atoms with E-state index in [4.69, 9.17) is 4.99 Å². The number of benzene rings is 6. The van der Waals surface area contributed by atoms with Crippen molar-refractivity contribution >= 4 is 33.1 Å². The minimum atomic E-state index is 0.161. The monoisotopic (exact) mass is 522 g/mol. The van der Waals surface area contributed by atoms with E-state index in [2.05, 4.69) is 151 Å². The maximum absolute atomic E-state index is 5.17. The molecule has 0 radical (unpaired) electrons. The molecule has 0 saturated heterocycles. The Labute approximate surface area is 239 Å². The summed E-state index contributed by atoms with van der Waals surface area (Å²) >= 11 is 0. The van der Waals surface area contributed by atoms with Gasteiger partial charge in [0.1, 0.15) is 5.84 Å². The van der Waals surface area contributed by atoms with Crippen molar-refractivity contribution in [3.05, 3.63) is 151 Å². The van der Waals surface area contributed by atoms with Crippen molar-refractivity contribution in [2.24, 2.45) is 4.99 Å². The molecule has 192 valence electrons. The number of nitrogens with zero attached hydrogens (tertiary/aromatic N) is 2. The number of allylic oxidation sites excluding steroid dienone is 2. The quantitative estimate of drug-likeness (QED) is 0.221. The third kappa shape index (κ3) is 3.47. The van der Waals surface area contributed by atoms with Gasteiger partial charge in [-0.15, -0.1) is 0 Å². The normalized spacial score (nSPS) is 18.1. The van der Waals surface area contributed by atoms with E-state index in [1.165, 1.54) is 66.2 Å². The standard InChI is InChI=1S/C39H26N2/c1-2-8-26-21-27(14-13-25(26)7-1)28-15-16-30-23-31(18-17-29(30)22-28)32-19-20-34-35(24-32)33-9-3-5-11-37(33)41-38-12-6-4-10-36(38)40-39(34)41/h1-24,36,38H. The van der Waals surface area contributed by atoms with E-state index >= 15 is 0 Å². The first-order chi connectivity index (χ1) is 20.3. The first-order valence-corrected chi connectivity index (χ1v) is 14.3. The Morgan fingerprint density at radius 2 is 1.05 bits per heavy atom. The van der Waals surface area contributed by atoms with Crippen LogP contribution in [0.2, 0.25) is 0 Å². The van der Waals surface area contributed by atoms with Crippen molar-refractivity contribution in [3.8, 4) is 33.4 Å². The van der Waals surface area contributed by atoms with Gasteiger partial charge in [-0.3, -0.25) is 4.99 Å². The van der Waals surface area contributed by atoms with Crippen LogP contribution in [0.5, 0.6) is 0 Å². The Bertz CT molecular complexity index is 2130. The summed E-state index contributed by atoms with van der Waals surface area (Å²) in [5.74, 6) is 1.08. The van der Waals surface area contributed by atoms with E-state index in [0.717, 1.165) is 5.84 Å². The van der Waals surface area contributed by atoms with Crippen molar-refractivity contribution < 1.29 is 0 Å². The van der Waals surface area contributed by atoms with Crippen LogP contribution in [0.3, 0.4) is 0 Å². The average molecular weight is 523 g/mol. The number of fused-ring (bicyclic) bond motifs is 10. The van der Waals surface area contributed by atoms with Gasteiger partial charge in [0.05, 0.1) is 17.8 Å². The van der Waals surface area contributed by atoms with Gasteiger partial charge >= 0.3 is 0 Å². The van der Waals surface area contributed by atoms with Gasteiger partial charge in [0.2, 0.25) is 0 Å². The topological polar surface area (TPSA) is 15.6 Å².